The number of benzene rings is 2. The third-order valence-corrected chi connectivity index (χ3v) is 4.71. The van der Waals surface area contributed by atoms with Crippen molar-refractivity contribution in [1.29, 1.82) is 0 Å². The summed E-state index contributed by atoms with van der Waals surface area (Å²) in [5, 5.41) is 10.4. The maximum atomic E-state index is 10.4. The Bertz CT molecular complexity index is 984. The Morgan fingerprint density at radius 2 is 1.62 bits per heavy atom. The standard InChI is InChI=1S/C25H27N3O3.Na/c1-2-15-28(16-9-10-17-31-19-23(29)30)22-18-26-24(20-11-5-3-6-12-20)25(27-22)21-13-7-4-8-14-21;/h2-8,11-14,18H,1,9-10,15-17,19H2,(H,29,30);/q;+1/p-1. The predicted molar refractivity (Wildman–Crippen MR) is 120 cm³/mol. The number of rotatable bonds is 12. The number of hydrogen-bond acceptors (Lipinski definition) is 6. The Hall–Kier alpha value is -2.51. The van der Waals surface area contributed by atoms with E-state index in [4.69, 9.17) is 14.7 Å². The molecule has 0 aliphatic heterocycles. The van der Waals surface area contributed by atoms with E-state index in [1.165, 1.54) is 0 Å². The molecule has 7 heteroatoms. The molecule has 0 bridgehead atoms. The summed E-state index contributed by atoms with van der Waals surface area (Å²) < 4.78 is 5.06. The van der Waals surface area contributed by atoms with Gasteiger partial charge in [-0.3, -0.25) is 4.98 Å². The molecular formula is C25H26N3NaO3. The molecule has 2 aromatic carbocycles. The number of unbranched alkanes of at least 4 members (excludes halogenated alkanes) is 1. The van der Waals surface area contributed by atoms with Crippen molar-refractivity contribution < 1.29 is 44.2 Å². The number of carboxylic acid groups (broad SMARTS) is 1. The molecule has 160 valence electrons. The summed E-state index contributed by atoms with van der Waals surface area (Å²) in [7, 11) is 0. The molecule has 6 nitrogen and oxygen atoms in total. The van der Waals surface area contributed by atoms with Gasteiger partial charge in [-0.05, 0) is 12.8 Å². The molecule has 0 N–H and O–H groups in total. The van der Waals surface area contributed by atoms with Crippen molar-refractivity contribution in [2.24, 2.45) is 0 Å². The topological polar surface area (TPSA) is 78.4 Å². The van der Waals surface area contributed by atoms with Crippen LogP contribution < -0.4 is 39.6 Å². The smallest absolute Gasteiger partial charge is 0.548 e. The molecule has 1 heterocycles. The normalized spacial score (nSPS) is 10.2. The molecule has 32 heavy (non-hydrogen) atoms. The number of carboxylic acids is 1. The fourth-order valence-corrected chi connectivity index (χ4v) is 3.25. The Balaban J connectivity index is 0.00000363. The van der Waals surface area contributed by atoms with Gasteiger partial charge in [0, 0.05) is 30.8 Å². The van der Waals surface area contributed by atoms with Crippen LogP contribution in [0, 0.1) is 0 Å². The zero-order chi connectivity index (χ0) is 21.9. The van der Waals surface area contributed by atoms with Gasteiger partial charge in [-0.25, -0.2) is 4.98 Å². The number of ether oxygens (including phenoxy) is 1. The van der Waals surface area contributed by atoms with Gasteiger partial charge in [0.2, 0.25) is 0 Å². The van der Waals surface area contributed by atoms with Gasteiger partial charge in [-0.2, -0.15) is 0 Å². The molecular weight excluding hydrogens is 413 g/mol. The van der Waals surface area contributed by atoms with Crippen LogP contribution in [0.15, 0.2) is 79.5 Å². The molecule has 0 saturated heterocycles. The fraction of sp³-hybridized carbons (Fsp3) is 0.240. The first kappa shape index (κ1) is 25.7. The maximum Gasteiger partial charge on any atom is 1.00 e. The molecule has 0 fully saturated rings. The zero-order valence-electron chi connectivity index (χ0n) is 18.4. The number of aliphatic carboxylic acids is 1. The number of nitrogens with zero attached hydrogens (tertiary/aromatic N) is 3. The molecule has 0 aliphatic carbocycles. The third-order valence-electron chi connectivity index (χ3n) is 4.71. The van der Waals surface area contributed by atoms with E-state index in [1.54, 1.807) is 6.20 Å². The van der Waals surface area contributed by atoms with E-state index in [0.29, 0.717) is 13.2 Å². The molecule has 0 atom stereocenters. The summed E-state index contributed by atoms with van der Waals surface area (Å²) in [6, 6.07) is 20.1. The van der Waals surface area contributed by atoms with Gasteiger partial charge in [-0.15, -0.1) is 6.58 Å². The summed E-state index contributed by atoms with van der Waals surface area (Å²) in [4.78, 5) is 22.3. The summed E-state index contributed by atoms with van der Waals surface area (Å²) in [6.45, 7) is 5.23. The van der Waals surface area contributed by atoms with Gasteiger partial charge in [0.1, 0.15) is 5.82 Å². The van der Waals surface area contributed by atoms with Crippen molar-refractivity contribution >= 4 is 11.8 Å². The van der Waals surface area contributed by atoms with E-state index in [-0.39, 0.29) is 36.2 Å². The minimum atomic E-state index is -1.20. The predicted octanol–water partition coefficient (Wildman–Crippen LogP) is 0.354. The van der Waals surface area contributed by atoms with E-state index in [1.807, 2.05) is 66.7 Å². The first-order valence-corrected chi connectivity index (χ1v) is 10.3. The molecule has 0 amide bonds. The molecule has 0 unspecified atom stereocenters. The summed E-state index contributed by atoms with van der Waals surface area (Å²) in [5.41, 5.74) is 3.69. The van der Waals surface area contributed by atoms with E-state index in [0.717, 1.165) is 47.7 Å². The number of aromatic nitrogens is 2. The maximum absolute atomic E-state index is 10.4. The second-order valence-electron chi connectivity index (χ2n) is 7.02. The molecule has 0 aliphatic rings. The van der Waals surface area contributed by atoms with Crippen molar-refractivity contribution in [2.75, 3.05) is 31.2 Å². The number of anilines is 1. The minimum Gasteiger partial charge on any atom is -0.548 e. The second-order valence-corrected chi connectivity index (χ2v) is 7.02. The minimum absolute atomic E-state index is 0. The van der Waals surface area contributed by atoms with E-state index < -0.39 is 5.97 Å². The zero-order valence-corrected chi connectivity index (χ0v) is 20.4. The van der Waals surface area contributed by atoms with Gasteiger partial charge >= 0.3 is 29.6 Å². The van der Waals surface area contributed by atoms with Crippen LogP contribution in [0.5, 0.6) is 0 Å². The quantitative estimate of drug-likeness (QED) is 0.230. The number of carbonyl (C=O) groups excluding carboxylic acids is 1. The molecule has 3 aromatic rings. The Labute approximate surface area is 211 Å². The molecule has 0 spiro atoms. The molecule has 0 radical (unpaired) electrons. The van der Waals surface area contributed by atoms with E-state index in [2.05, 4.69) is 11.5 Å². The molecule has 1 aromatic heterocycles. The first-order chi connectivity index (χ1) is 15.2. The van der Waals surface area contributed by atoms with Crippen molar-refractivity contribution in [3.05, 3.63) is 79.5 Å². The van der Waals surface area contributed by atoms with Crippen LogP contribution in [0.1, 0.15) is 12.8 Å². The monoisotopic (exact) mass is 439 g/mol. The Morgan fingerprint density at radius 3 is 2.22 bits per heavy atom. The van der Waals surface area contributed by atoms with Crippen LogP contribution >= 0.6 is 0 Å². The van der Waals surface area contributed by atoms with Gasteiger partial charge < -0.3 is 19.5 Å². The Kier molecular flexibility index (Phi) is 11.1. The first-order valence-electron chi connectivity index (χ1n) is 10.3. The largest absolute Gasteiger partial charge is 1.00 e. The van der Waals surface area contributed by atoms with Crippen molar-refractivity contribution in [1.82, 2.24) is 9.97 Å². The van der Waals surface area contributed by atoms with Crippen LogP contribution in [-0.2, 0) is 9.53 Å². The molecule has 3 rings (SSSR count). The summed E-state index contributed by atoms with van der Waals surface area (Å²) >= 11 is 0. The van der Waals surface area contributed by atoms with Crippen molar-refractivity contribution in [3.8, 4) is 22.5 Å². The van der Waals surface area contributed by atoms with Crippen LogP contribution in [0.2, 0.25) is 0 Å². The molecule has 0 saturated carbocycles. The van der Waals surface area contributed by atoms with Crippen LogP contribution in [-0.4, -0.2) is 42.2 Å². The van der Waals surface area contributed by atoms with Gasteiger partial charge in [0.15, 0.2) is 0 Å². The van der Waals surface area contributed by atoms with Crippen LogP contribution in [0.4, 0.5) is 5.82 Å². The van der Waals surface area contributed by atoms with Gasteiger partial charge in [0.05, 0.1) is 30.2 Å². The number of hydrogen-bond donors (Lipinski definition) is 0. The third kappa shape index (κ3) is 7.57. The second kappa shape index (κ2) is 13.8. The van der Waals surface area contributed by atoms with Gasteiger partial charge in [0.25, 0.3) is 0 Å². The van der Waals surface area contributed by atoms with Crippen molar-refractivity contribution in [2.45, 2.75) is 12.8 Å². The van der Waals surface area contributed by atoms with Crippen LogP contribution in [0.3, 0.4) is 0 Å². The Morgan fingerprint density at radius 1 is 1.00 bits per heavy atom. The average molecular weight is 439 g/mol. The fourth-order valence-electron chi connectivity index (χ4n) is 3.25. The van der Waals surface area contributed by atoms with Crippen LogP contribution in [0.25, 0.3) is 22.5 Å². The average Bonchev–Trinajstić information content (AvgIpc) is 2.81. The SMILES string of the molecule is C=CCN(CCCCOCC(=O)[O-])c1cnc(-c2ccccc2)c(-c2ccccc2)n1.[Na+]. The van der Waals surface area contributed by atoms with E-state index >= 15 is 0 Å². The van der Waals surface area contributed by atoms with Crippen molar-refractivity contribution in [3.63, 3.8) is 0 Å². The van der Waals surface area contributed by atoms with E-state index in [9.17, 15) is 9.90 Å². The van der Waals surface area contributed by atoms with Gasteiger partial charge in [-0.1, -0.05) is 66.7 Å². The number of carbonyl (C=O) groups is 1. The summed E-state index contributed by atoms with van der Waals surface area (Å²) in [5.74, 6) is -0.426. The summed E-state index contributed by atoms with van der Waals surface area (Å²) in [6.07, 6.45) is 5.19.